The molecule has 4 rings (SSSR count). The SMILES string of the molecule is Cc1ccccc1N1C(=O)/C(=C\c2ccc(COc3ccccc3Cl)o2)NC1=S. The normalized spacial score (nSPS) is 15.1. The van der Waals surface area contributed by atoms with Crippen molar-refractivity contribution in [2.24, 2.45) is 0 Å². The number of thiocarbonyl (C=S) groups is 1. The predicted octanol–water partition coefficient (Wildman–Crippen LogP) is 5.08. The summed E-state index contributed by atoms with van der Waals surface area (Å²) in [7, 11) is 0. The second-order valence-electron chi connectivity index (χ2n) is 6.44. The van der Waals surface area contributed by atoms with Crippen molar-refractivity contribution >= 4 is 46.6 Å². The zero-order valence-corrected chi connectivity index (χ0v) is 17.1. The number of amides is 1. The fourth-order valence-corrected chi connectivity index (χ4v) is 3.45. The minimum atomic E-state index is -0.227. The zero-order valence-electron chi connectivity index (χ0n) is 15.5. The summed E-state index contributed by atoms with van der Waals surface area (Å²) in [6.45, 7) is 2.16. The summed E-state index contributed by atoms with van der Waals surface area (Å²) < 4.78 is 11.4. The Kier molecular flexibility index (Phi) is 5.38. The van der Waals surface area contributed by atoms with Crippen LogP contribution in [-0.4, -0.2) is 11.0 Å². The van der Waals surface area contributed by atoms with E-state index in [1.54, 1.807) is 30.3 Å². The fraction of sp³-hybridized carbons (Fsp3) is 0.0909. The molecule has 5 nitrogen and oxygen atoms in total. The van der Waals surface area contributed by atoms with E-state index >= 15 is 0 Å². The lowest BCUT2D eigenvalue weighted by atomic mass is 10.2. The predicted molar refractivity (Wildman–Crippen MR) is 117 cm³/mol. The Hall–Kier alpha value is -3.09. The number of carbonyl (C=O) groups is 1. The third-order valence-electron chi connectivity index (χ3n) is 4.41. The first kappa shape index (κ1) is 19.2. The summed E-state index contributed by atoms with van der Waals surface area (Å²) in [4.78, 5) is 14.3. The number of rotatable bonds is 5. The molecular formula is C22H17ClN2O3S. The second kappa shape index (κ2) is 8.11. The van der Waals surface area contributed by atoms with Crippen molar-refractivity contribution in [2.45, 2.75) is 13.5 Å². The molecule has 29 heavy (non-hydrogen) atoms. The minimum absolute atomic E-state index is 0.224. The Bertz CT molecular complexity index is 1120. The Morgan fingerprint density at radius 2 is 1.90 bits per heavy atom. The molecule has 3 aromatic rings. The van der Waals surface area contributed by atoms with Gasteiger partial charge in [0.05, 0.1) is 10.7 Å². The van der Waals surface area contributed by atoms with Crippen LogP contribution >= 0.6 is 23.8 Å². The second-order valence-corrected chi connectivity index (χ2v) is 7.23. The average Bonchev–Trinajstić information content (AvgIpc) is 3.26. The molecule has 7 heteroatoms. The number of carbonyl (C=O) groups excluding carboxylic acids is 1. The van der Waals surface area contributed by atoms with E-state index in [0.29, 0.717) is 33.1 Å². The Labute approximate surface area is 178 Å². The van der Waals surface area contributed by atoms with Crippen molar-refractivity contribution < 1.29 is 13.9 Å². The summed E-state index contributed by atoms with van der Waals surface area (Å²) >= 11 is 11.4. The summed E-state index contributed by atoms with van der Waals surface area (Å²) in [6, 6.07) is 18.4. The summed E-state index contributed by atoms with van der Waals surface area (Å²) in [6.07, 6.45) is 1.63. The molecule has 1 fully saturated rings. The van der Waals surface area contributed by atoms with Gasteiger partial charge in [-0.2, -0.15) is 0 Å². The van der Waals surface area contributed by atoms with E-state index in [1.807, 2.05) is 43.3 Å². The number of halogens is 1. The largest absolute Gasteiger partial charge is 0.484 e. The number of aryl methyl sites for hydroxylation is 1. The summed E-state index contributed by atoms with van der Waals surface area (Å²) in [5.74, 6) is 1.49. The molecule has 0 bridgehead atoms. The first-order valence-corrected chi connectivity index (χ1v) is 9.70. The van der Waals surface area contributed by atoms with Crippen molar-refractivity contribution in [3.05, 3.63) is 88.5 Å². The lowest BCUT2D eigenvalue weighted by Crippen LogP contribution is -2.30. The lowest BCUT2D eigenvalue weighted by Gasteiger charge is -2.16. The van der Waals surface area contributed by atoms with E-state index in [2.05, 4.69) is 5.32 Å². The van der Waals surface area contributed by atoms with Gasteiger partial charge in [0.2, 0.25) is 0 Å². The van der Waals surface area contributed by atoms with Gasteiger partial charge in [-0.3, -0.25) is 9.69 Å². The third kappa shape index (κ3) is 4.04. The number of para-hydroxylation sites is 2. The number of benzene rings is 2. The van der Waals surface area contributed by atoms with Gasteiger partial charge in [-0.05, 0) is 55.0 Å². The van der Waals surface area contributed by atoms with Crippen molar-refractivity contribution in [2.75, 3.05) is 4.90 Å². The van der Waals surface area contributed by atoms with Crippen LogP contribution < -0.4 is 15.0 Å². The van der Waals surface area contributed by atoms with Crippen LogP contribution in [-0.2, 0) is 11.4 Å². The molecule has 1 aromatic heterocycles. The van der Waals surface area contributed by atoms with E-state index in [4.69, 9.17) is 33.0 Å². The maximum Gasteiger partial charge on any atom is 0.281 e. The number of furan rings is 1. The minimum Gasteiger partial charge on any atom is -0.484 e. The quantitative estimate of drug-likeness (QED) is 0.457. The molecule has 0 atom stereocenters. The number of nitrogens with one attached hydrogen (secondary N) is 1. The van der Waals surface area contributed by atoms with Crippen LogP contribution in [0.4, 0.5) is 5.69 Å². The standard InChI is InChI=1S/C22H17ClN2O3S/c1-14-6-2-4-8-19(14)25-21(26)18(24-22(25)29)12-15-10-11-16(28-15)13-27-20-9-5-3-7-17(20)23/h2-12H,13H2,1H3,(H,24,29)/b18-12+. The van der Waals surface area contributed by atoms with Crippen molar-refractivity contribution in [3.63, 3.8) is 0 Å². The number of hydrogen-bond acceptors (Lipinski definition) is 4. The molecule has 2 heterocycles. The van der Waals surface area contributed by atoms with Crippen LogP contribution in [0.5, 0.6) is 5.75 Å². The molecule has 0 radical (unpaired) electrons. The van der Waals surface area contributed by atoms with Gasteiger partial charge in [-0.25, -0.2) is 0 Å². The molecule has 1 amide bonds. The van der Waals surface area contributed by atoms with Gasteiger partial charge in [0.25, 0.3) is 5.91 Å². The van der Waals surface area contributed by atoms with Crippen LogP contribution in [0.25, 0.3) is 6.08 Å². The average molecular weight is 425 g/mol. The topological polar surface area (TPSA) is 54.7 Å². The van der Waals surface area contributed by atoms with Gasteiger partial charge in [-0.15, -0.1) is 0 Å². The van der Waals surface area contributed by atoms with Gasteiger partial charge < -0.3 is 14.5 Å². The fourth-order valence-electron chi connectivity index (χ4n) is 2.97. The molecule has 146 valence electrons. The van der Waals surface area contributed by atoms with E-state index in [1.165, 1.54) is 4.90 Å². The molecule has 0 unspecified atom stereocenters. The first-order chi connectivity index (χ1) is 14.0. The van der Waals surface area contributed by atoms with E-state index in [-0.39, 0.29) is 12.5 Å². The number of anilines is 1. The highest BCUT2D eigenvalue weighted by Crippen LogP contribution is 2.27. The molecule has 0 aliphatic carbocycles. The van der Waals surface area contributed by atoms with Crippen molar-refractivity contribution in [3.8, 4) is 5.75 Å². The van der Waals surface area contributed by atoms with Crippen LogP contribution in [0.15, 0.2) is 70.8 Å². The van der Waals surface area contributed by atoms with E-state index in [0.717, 1.165) is 11.3 Å². The highest BCUT2D eigenvalue weighted by Gasteiger charge is 2.32. The lowest BCUT2D eigenvalue weighted by molar-refractivity contribution is -0.113. The van der Waals surface area contributed by atoms with Gasteiger partial charge in [0, 0.05) is 6.08 Å². The van der Waals surface area contributed by atoms with Crippen LogP contribution in [0, 0.1) is 6.92 Å². The molecular weight excluding hydrogens is 408 g/mol. The smallest absolute Gasteiger partial charge is 0.281 e. The zero-order chi connectivity index (χ0) is 20.4. The van der Waals surface area contributed by atoms with Gasteiger partial charge >= 0.3 is 0 Å². The van der Waals surface area contributed by atoms with Gasteiger partial charge in [0.15, 0.2) is 5.11 Å². The van der Waals surface area contributed by atoms with Crippen molar-refractivity contribution in [1.29, 1.82) is 0 Å². The number of hydrogen-bond donors (Lipinski definition) is 1. The molecule has 0 spiro atoms. The summed E-state index contributed by atoms with van der Waals surface area (Å²) in [5, 5.41) is 3.83. The Morgan fingerprint density at radius 3 is 2.69 bits per heavy atom. The third-order valence-corrected chi connectivity index (χ3v) is 5.01. The molecule has 1 aliphatic rings. The van der Waals surface area contributed by atoms with E-state index < -0.39 is 0 Å². The maximum absolute atomic E-state index is 12.9. The molecule has 1 N–H and O–H groups in total. The molecule has 1 aliphatic heterocycles. The molecule has 0 saturated carbocycles. The summed E-state index contributed by atoms with van der Waals surface area (Å²) in [5.41, 5.74) is 2.07. The monoisotopic (exact) mass is 424 g/mol. The number of nitrogens with zero attached hydrogens (tertiary/aromatic N) is 1. The molecule has 1 saturated heterocycles. The Morgan fingerprint density at radius 1 is 1.14 bits per heavy atom. The van der Waals surface area contributed by atoms with Crippen LogP contribution in [0.3, 0.4) is 0 Å². The highest BCUT2D eigenvalue weighted by atomic mass is 35.5. The van der Waals surface area contributed by atoms with Crippen molar-refractivity contribution in [1.82, 2.24) is 5.32 Å². The van der Waals surface area contributed by atoms with E-state index in [9.17, 15) is 4.79 Å². The Balaban J connectivity index is 1.49. The van der Waals surface area contributed by atoms with Gasteiger partial charge in [0.1, 0.15) is 29.6 Å². The van der Waals surface area contributed by atoms with Crippen LogP contribution in [0.2, 0.25) is 5.02 Å². The molecule has 2 aromatic carbocycles. The first-order valence-electron chi connectivity index (χ1n) is 8.92. The number of ether oxygens (including phenoxy) is 1. The van der Waals surface area contributed by atoms with Crippen LogP contribution in [0.1, 0.15) is 17.1 Å². The maximum atomic E-state index is 12.9. The highest BCUT2D eigenvalue weighted by molar-refractivity contribution is 7.80. The van der Waals surface area contributed by atoms with Gasteiger partial charge in [-0.1, -0.05) is 41.9 Å².